The van der Waals surface area contributed by atoms with E-state index in [9.17, 15) is 9.59 Å². The van der Waals surface area contributed by atoms with Crippen LogP contribution in [0.3, 0.4) is 0 Å². The number of amides is 1. The van der Waals surface area contributed by atoms with Gasteiger partial charge in [-0.25, -0.2) is 4.79 Å². The van der Waals surface area contributed by atoms with E-state index in [0.717, 1.165) is 5.56 Å². The predicted octanol–water partition coefficient (Wildman–Crippen LogP) is 1.89. The molecule has 3 N–H and O–H groups in total. The zero-order valence-electron chi connectivity index (χ0n) is 10.1. The molecule has 1 aromatic carbocycles. The van der Waals surface area contributed by atoms with Gasteiger partial charge < -0.3 is 10.8 Å². The number of carboxylic acid groups (broad SMARTS) is 1. The van der Waals surface area contributed by atoms with E-state index in [2.05, 4.69) is 0 Å². The molecule has 90 valence electrons. The molecular formula is C13H15NO3. The summed E-state index contributed by atoms with van der Waals surface area (Å²) in [6, 6.07) is 3.45. The van der Waals surface area contributed by atoms with Crippen LogP contribution in [-0.2, 0) is 4.79 Å². The van der Waals surface area contributed by atoms with E-state index < -0.39 is 11.9 Å². The quantitative estimate of drug-likeness (QED) is 0.782. The largest absolute Gasteiger partial charge is 0.478 e. The number of carboxylic acids is 1. The molecule has 0 atom stereocenters. The Morgan fingerprint density at radius 2 is 1.71 bits per heavy atom. The zero-order valence-corrected chi connectivity index (χ0v) is 10.1. The minimum absolute atomic E-state index is 0.305. The summed E-state index contributed by atoms with van der Waals surface area (Å²) in [6.07, 6.45) is 1.65. The average molecular weight is 233 g/mol. The van der Waals surface area contributed by atoms with Gasteiger partial charge in [-0.2, -0.15) is 0 Å². The Hall–Kier alpha value is -2.10. The maximum atomic E-state index is 11.0. The summed E-state index contributed by atoms with van der Waals surface area (Å²) >= 11 is 0. The van der Waals surface area contributed by atoms with Gasteiger partial charge >= 0.3 is 5.97 Å². The molecule has 0 aromatic heterocycles. The Kier molecular flexibility index (Phi) is 3.68. The predicted molar refractivity (Wildman–Crippen MR) is 65.7 cm³/mol. The molecule has 4 heteroatoms. The summed E-state index contributed by atoms with van der Waals surface area (Å²) in [5, 5.41) is 9.02. The molecular weight excluding hydrogens is 218 g/mol. The number of rotatable bonds is 3. The second kappa shape index (κ2) is 4.82. The van der Waals surface area contributed by atoms with Crippen molar-refractivity contribution in [2.75, 3.05) is 0 Å². The molecule has 0 bridgehead atoms. The summed E-state index contributed by atoms with van der Waals surface area (Å²) in [5.74, 6) is -1.43. The van der Waals surface area contributed by atoms with E-state index in [1.807, 2.05) is 0 Å². The number of hydrogen-bond donors (Lipinski definition) is 2. The summed E-state index contributed by atoms with van der Waals surface area (Å²) in [4.78, 5) is 21.9. The van der Waals surface area contributed by atoms with Crippen molar-refractivity contribution in [3.05, 3.63) is 40.0 Å². The monoisotopic (exact) mass is 233 g/mol. The van der Waals surface area contributed by atoms with Gasteiger partial charge in [0.05, 0.1) is 5.56 Å². The first kappa shape index (κ1) is 13.0. The van der Waals surface area contributed by atoms with Gasteiger partial charge in [-0.05, 0) is 43.5 Å². The number of aromatic carboxylic acids is 1. The summed E-state index contributed by atoms with van der Waals surface area (Å²) < 4.78 is 0. The van der Waals surface area contributed by atoms with Crippen molar-refractivity contribution < 1.29 is 14.7 Å². The number of carbonyl (C=O) groups excluding carboxylic acids is 1. The van der Waals surface area contributed by atoms with Crippen molar-refractivity contribution in [1.82, 2.24) is 0 Å². The van der Waals surface area contributed by atoms with Crippen LogP contribution in [-0.4, -0.2) is 17.0 Å². The lowest BCUT2D eigenvalue weighted by atomic mass is 9.98. The number of aryl methyl sites for hydroxylation is 2. The number of benzene rings is 1. The standard InChI is InChI=1S/C13H15NO3/c1-7-4-10(6-9(3)12(14)15)5-8(2)11(7)13(16)17/h4-6H,1-3H3,(H2,14,15)(H,16,17). The molecule has 0 radical (unpaired) electrons. The van der Waals surface area contributed by atoms with E-state index in [4.69, 9.17) is 10.8 Å². The fourth-order valence-corrected chi connectivity index (χ4v) is 1.74. The molecule has 0 saturated carbocycles. The SMILES string of the molecule is CC(=Cc1cc(C)c(C(=O)O)c(C)c1)C(N)=O. The third-order valence-electron chi connectivity index (χ3n) is 2.54. The molecule has 0 saturated heterocycles. The van der Waals surface area contributed by atoms with Crippen molar-refractivity contribution in [3.8, 4) is 0 Å². The van der Waals surface area contributed by atoms with Crippen LogP contribution in [0.1, 0.15) is 34.0 Å². The van der Waals surface area contributed by atoms with Crippen LogP contribution >= 0.6 is 0 Å². The molecule has 17 heavy (non-hydrogen) atoms. The van der Waals surface area contributed by atoms with Gasteiger partial charge in [0.2, 0.25) is 5.91 Å². The highest BCUT2D eigenvalue weighted by Crippen LogP contribution is 2.18. The molecule has 0 aliphatic rings. The fraction of sp³-hybridized carbons (Fsp3) is 0.231. The van der Waals surface area contributed by atoms with Crippen LogP contribution in [0.5, 0.6) is 0 Å². The minimum atomic E-state index is -0.942. The van der Waals surface area contributed by atoms with Gasteiger partial charge in [-0.15, -0.1) is 0 Å². The van der Waals surface area contributed by atoms with Crippen molar-refractivity contribution >= 4 is 18.0 Å². The minimum Gasteiger partial charge on any atom is -0.478 e. The Labute approximate surface area is 99.8 Å². The van der Waals surface area contributed by atoms with Gasteiger partial charge in [0.15, 0.2) is 0 Å². The Morgan fingerprint density at radius 1 is 1.24 bits per heavy atom. The van der Waals surface area contributed by atoms with E-state index in [0.29, 0.717) is 22.3 Å². The van der Waals surface area contributed by atoms with Crippen LogP contribution in [0.15, 0.2) is 17.7 Å². The second-order valence-electron chi connectivity index (χ2n) is 4.03. The fourth-order valence-electron chi connectivity index (χ4n) is 1.74. The number of hydrogen-bond acceptors (Lipinski definition) is 2. The van der Waals surface area contributed by atoms with Crippen molar-refractivity contribution in [2.24, 2.45) is 5.73 Å². The Morgan fingerprint density at radius 3 is 2.06 bits per heavy atom. The molecule has 0 spiro atoms. The lowest BCUT2D eigenvalue weighted by Crippen LogP contribution is -2.11. The van der Waals surface area contributed by atoms with Crippen LogP contribution in [0.4, 0.5) is 0 Å². The lowest BCUT2D eigenvalue weighted by molar-refractivity contribution is -0.114. The smallest absolute Gasteiger partial charge is 0.336 e. The second-order valence-corrected chi connectivity index (χ2v) is 4.03. The van der Waals surface area contributed by atoms with Crippen LogP contribution < -0.4 is 5.73 Å². The van der Waals surface area contributed by atoms with Crippen molar-refractivity contribution in [1.29, 1.82) is 0 Å². The van der Waals surface area contributed by atoms with E-state index >= 15 is 0 Å². The van der Waals surface area contributed by atoms with Gasteiger partial charge in [0.25, 0.3) is 0 Å². The Balaban J connectivity index is 3.29. The molecule has 1 amide bonds. The molecule has 0 unspecified atom stereocenters. The molecule has 0 fully saturated rings. The van der Waals surface area contributed by atoms with Gasteiger partial charge in [-0.3, -0.25) is 4.79 Å². The number of nitrogens with two attached hydrogens (primary N) is 1. The summed E-state index contributed by atoms with van der Waals surface area (Å²) in [7, 11) is 0. The summed E-state index contributed by atoms with van der Waals surface area (Å²) in [6.45, 7) is 5.08. The molecule has 4 nitrogen and oxygen atoms in total. The molecule has 0 heterocycles. The normalized spacial score (nSPS) is 11.4. The van der Waals surface area contributed by atoms with Crippen molar-refractivity contribution in [2.45, 2.75) is 20.8 Å². The molecule has 1 rings (SSSR count). The van der Waals surface area contributed by atoms with Gasteiger partial charge in [-0.1, -0.05) is 12.1 Å². The maximum absolute atomic E-state index is 11.0. The van der Waals surface area contributed by atoms with E-state index in [-0.39, 0.29) is 0 Å². The van der Waals surface area contributed by atoms with E-state index in [1.165, 1.54) is 0 Å². The van der Waals surface area contributed by atoms with Crippen LogP contribution in [0.2, 0.25) is 0 Å². The zero-order chi connectivity index (χ0) is 13.2. The molecule has 0 aliphatic carbocycles. The first-order valence-corrected chi connectivity index (χ1v) is 5.15. The first-order valence-electron chi connectivity index (χ1n) is 5.15. The third-order valence-corrected chi connectivity index (χ3v) is 2.54. The van der Waals surface area contributed by atoms with Crippen LogP contribution in [0.25, 0.3) is 6.08 Å². The summed E-state index contributed by atoms with van der Waals surface area (Å²) in [5.41, 5.74) is 7.99. The lowest BCUT2D eigenvalue weighted by Gasteiger charge is -2.07. The number of primary amides is 1. The molecule has 1 aromatic rings. The highest BCUT2D eigenvalue weighted by molar-refractivity contribution is 5.96. The first-order chi connectivity index (χ1) is 7.82. The third kappa shape index (κ3) is 2.93. The molecule has 0 aliphatic heterocycles. The maximum Gasteiger partial charge on any atom is 0.336 e. The van der Waals surface area contributed by atoms with Gasteiger partial charge in [0, 0.05) is 5.57 Å². The highest BCUT2D eigenvalue weighted by Gasteiger charge is 2.11. The van der Waals surface area contributed by atoms with Crippen molar-refractivity contribution in [3.63, 3.8) is 0 Å². The number of carbonyl (C=O) groups is 2. The highest BCUT2D eigenvalue weighted by atomic mass is 16.4. The Bertz CT molecular complexity index is 492. The van der Waals surface area contributed by atoms with Crippen LogP contribution in [0, 0.1) is 13.8 Å². The van der Waals surface area contributed by atoms with E-state index in [1.54, 1.807) is 39.0 Å². The topological polar surface area (TPSA) is 80.4 Å². The average Bonchev–Trinajstić information content (AvgIpc) is 2.15. The van der Waals surface area contributed by atoms with Gasteiger partial charge in [0.1, 0.15) is 0 Å².